The molecule has 0 aliphatic rings. The molecule has 120 valence electrons. The Morgan fingerprint density at radius 3 is 2.71 bits per heavy atom. The second kappa shape index (κ2) is 9.38. The van der Waals surface area contributed by atoms with Crippen LogP contribution in [0, 0.1) is 0 Å². The molecule has 2 N–H and O–H groups in total. The van der Waals surface area contributed by atoms with Crippen molar-refractivity contribution < 1.29 is 13.2 Å². The van der Waals surface area contributed by atoms with Crippen LogP contribution in [0.3, 0.4) is 0 Å². The lowest BCUT2D eigenvalue weighted by Gasteiger charge is -2.10. The summed E-state index contributed by atoms with van der Waals surface area (Å²) in [6, 6.07) is 4.76. The lowest BCUT2D eigenvalue weighted by atomic mass is 10.2. The number of unbranched alkanes of at least 4 members (excludes halogenated alkanes) is 1. The van der Waals surface area contributed by atoms with E-state index in [1.807, 2.05) is 6.92 Å². The molecule has 5 nitrogen and oxygen atoms in total. The third kappa shape index (κ3) is 6.32. The Bertz CT molecular complexity index is 535. The molecular formula is C14H23ClN2O3S. The van der Waals surface area contributed by atoms with E-state index in [2.05, 4.69) is 10.0 Å². The van der Waals surface area contributed by atoms with Gasteiger partial charge in [0.15, 0.2) is 0 Å². The molecule has 0 unspecified atom stereocenters. The van der Waals surface area contributed by atoms with Gasteiger partial charge in [0.05, 0.1) is 4.90 Å². The van der Waals surface area contributed by atoms with Crippen LogP contribution in [0.4, 0.5) is 0 Å². The van der Waals surface area contributed by atoms with Crippen LogP contribution in [0.1, 0.15) is 25.3 Å². The van der Waals surface area contributed by atoms with Gasteiger partial charge in [0.25, 0.3) is 0 Å². The van der Waals surface area contributed by atoms with Gasteiger partial charge in [-0.05, 0) is 43.1 Å². The molecule has 21 heavy (non-hydrogen) atoms. The van der Waals surface area contributed by atoms with Crippen molar-refractivity contribution in [2.24, 2.45) is 0 Å². The van der Waals surface area contributed by atoms with Crippen molar-refractivity contribution in [2.45, 2.75) is 31.2 Å². The van der Waals surface area contributed by atoms with Crippen LogP contribution in [-0.2, 0) is 21.3 Å². The lowest BCUT2D eigenvalue weighted by molar-refractivity contribution is 0.193. The summed E-state index contributed by atoms with van der Waals surface area (Å²) in [4.78, 5) is 0.242. The maximum atomic E-state index is 12.2. The number of sulfonamides is 1. The number of nitrogens with one attached hydrogen (secondary N) is 2. The summed E-state index contributed by atoms with van der Waals surface area (Å²) in [5, 5.41) is 3.70. The summed E-state index contributed by atoms with van der Waals surface area (Å²) in [7, 11) is -1.86. The van der Waals surface area contributed by atoms with Crippen molar-refractivity contribution >= 4 is 21.6 Å². The topological polar surface area (TPSA) is 67.4 Å². The van der Waals surface area contributed by atoms with Crippen LogP contribution >= 0.6 is 11.6 Å². The van der Waals surface area contributed by atoms with Gasteiger partial charge in [-0.2, -0.15) is 0 Å². The zero-order chi connectivity index (χ0) is 15.7. The minimum Gasteiger partial charge on any atom is -0.385 e. The second-order valence-electron chi connectivity index (χ2n) is 4.63. The highest BCUT2D eigenvalue weighted by Gasteiger charge is 2.15. The molecule has 0 saturated carbocycles. The fourth-order valence-corrected chi connectivity index (χ4v) is 3.08. The average Bonchev–Trinajstić information content (AvgIpc) is 2.46. The highest BCUT2D eigenvalue weighted by molar-refractivity contribution is 7.89. The van der Waals surface area contributed by atoms with Crippen LogP contribution < -0.4 is 10.0 Å². The molecule has 0 saturated heterocycles. The highest BCUT2D eigenvalue weighted by Crippen LogP contribution is 2.20. The monoisotopic (exact) mass is 334 g/mol. The second-order valence-corrected chi connectivity index (χ2v) is 6.81. The van der Waals surface area contributed by atoms with E-state index in [1.54, 1.807) is 19.2 Å². The molecule has 0 amide bonds. The molecule has 0 atom stereocenters. The van der Waals surface area contributed by atoms with Gasteiger partial charge in [0.2, 0.25) is 10.0 Å². The number of ether oxygens (including phenoxy) is 1. The summed E-state index contributed by atoms with van der Waals surface area (Å²) >= 11 is 6.07. The Balaban J connectivity index is 2.69. The molecule has 0 aromatic heterocycles. The molecule has 0 aliphatic carbocycles. The summed E-state index contributed by atoms with van der Waals surface area (Å²) < 4.78 is 31.9. The molecule has 1 aromatic carbocycles. The van der Waals surface area contributed by atoms with E-state index < -0.39 is 10.0 Å². The van der Waals surface area contributed by atoms with Gasteiger partial charge >= 0.3 is 0 Å². The van der Waals surface area contributed by atoms with E-state index in [1.165, 1.54) is 6.07 Å². The number of halogens is 1. The van der Waals surface area contributed by atoms with Crippen molar-refractivity contribution in [3.05, 3.63) is 28.8 Å². The zero-order valence-electron chi connectivity index (χ0n) is 12.5. The molecular weight excluding hydrogens is 312 g/mol. The summed E-state index contributed by atoms with van der Waals surface area (Å²) in [6.45, 7) is 4.36. The smallest absolute Gasteiger partial charge is 0.240 e. The van der Waals surface area contributed by atoms with E-state index in [4.69, 9.17) is 16.3 Å². The van der Waals surface area contributed by atoms with Gasteiger partial charge in [0, 0.05) is 31.8 Å². The minimum atomic E-state index is -3.49. The molecule has 0 bridgehead atoms. The Labute approximate surface area is 132 Å². The van der Waals surface area contributed by atoms with Gasteiger partial charge in [-0.1, -0.05) is 18.5 Å². The first-order valence-electron chi connectivity index (χ1n) is 6.99. The van der Waals surface area contributed by atoms with E-state index in [-0.39, 0.29) is 4.90 Å². The lowest BCUT2D eigenvalue weighted by Crippen LogP contribution is -2.25. The standard InChI is InChI=1S/C14H23ClN2O3S/c1-3-16-11-12-10-13(6-7-14(12)15)21(18,19)17-8-4-5-9-20-2/h6-7,10,16-17H,3-5,8-9,11H2,1-2H3. The van der Waals surface area contributed by atoms with Crippen molar-refractivity contribution in [1.29, 1.82) is 0 Å². The Hall–Kier alpha value is -0.660. The van der Waals surface area contributed by atoms with Crippen molar-refractivity contribution in [1.82, 2.24) is 10.0 Å². The fourth-order valence-electron chi connectivity index (χ4n) is 1.77. The van der Waals surface area contributed by atoms with Crippen LogP contribution in [0.15, 0.2) is 23.1 Å². The van der Waals surface area contributed by atoms with Crippen LogP contribution in [0.5, 0.6) is 0 Å². The molecule has 1 rings (SSSR count). The first kappa shape index (κ1) is 18.4. The van der Waals surface area contributed by atoms with Gasteiger partial charge < -0.3 is 10.1 Å². The summed E-state index contributed by atoms with van der Waals surface area (Å²) in [5.41, 5.74) is 0.778. The van der Waals surface area contributed by atoms with Gasteiger partial charge in [-0.25, -0.2) is 13.1 Å². The average molecular weight is 335 g/mol. The van der Waals surface area contributed by atoms with Crippen molar-refractivity contribution in [3.63, 3.8) is 0 Å². The third-order valence-electron chi connectivity index (χ3n) is 2.96. The Morgan fingerprint density at radius 2 is 2.05 bits per heavy atom. The summed E-state index contributed by atoms with van der Waals surface area (Å²) in [5.74, 6) is 0. The van der Waals surface area contributed by atoms with Crippen LogP contribution in [0.2, 0.25) is 5.02 Å². The van der Waals surface area contributed by atoms with Gasteiger partial charge in [-0.3, -0.25) is 0 Å². The largest absolute Gasteiger partial charge is 0.385 e. The Kier molecular flexibility index (Phi) is 8.21. The number of methoxy groups -OCH3 is 1. The van der Waals surface area contributed by atoms with Gasteiger partial charge in [0.1, 0.15) is 0 Å². The highest BCUT2D eigenvalue weighted by atomic mass is 35.5. The SMILES string of the molecule is CCNCc1cc(S(=O)(=O)NCCCCOC)ccc1Cl. The van der Waals surface area contributed by atoms with Crippen molar-refractivity contribution in [2.75, 3.05) is 26.8 Å². The summed E-state index contributed by atoms with van der Waals surface area (Å²) in [6.07, 6.45) is 1.57. The third-order valence-corrected chi connectivity index (χ3v) is 4.79. The number of hydrogen-bond acceptors (Lipinski definition) is 4. The van der Waals surface area contributed by atoms with E-state index >= 15 is 0 Å². The maximum absolute atomic E-state index is 12.2. The quantitative estimate of drug-likeness (QED) is 0.643. The predicted octanol–water partition coefficient (Wildman–Crippen LogP) is 2.15. The number of hydrogen-bond donors (Lipinski definition) is 2. The normalized spacial score (nSPS) is 11.8. The first-order valence-corrected chi connectivity index (χ1v) is 8.85. The fraction of sp³-hybridized carbons (Fsp3) is 0.571. The maximum Gasteiger partial charge on any atom is 0.240 e. The van der Waals surface area contributed by atoms with E-state index in [0.29, 0.717) is 24.7 Å². The first-order chi connectivity index (χ1) is 10.0. The van der Waals surface area contributed by atoms with Crippen LogP contribution in [-0.4, -0.2) is 35.2 Å². The molecule has 0 heterocycles. The number of rotatable bonds is 10. The van der Waals surface area contributed by atoms with Crippen LogP contribution in [0.25, 0.3) is 0 Å². The van der Waals surface area contributed by atoms with Gasteiger partial charge in [-0.15, -0.1) is 0 Å². The predicted molar refractivity (Wildman–Crippen MR) is 85.1 cm³/mol. The molecule has 0 radical (unpaired) electrons. The zero-order valence-corrected chi connectivity index (χ0v) is 14.1. The van der Waals surface area contributed by atoms with E-state index in [0.717, 1.165) is 24.9 Å². The molecule has 0 fully saturated rings. The molecule has 1 aromatic rings. The molecule has 7 heteroatoms. The van der Waals surface area contributed by atoms with Crippen molar-refractivity contribution in [3.8, 4) is 0 Å². The molecule has 0 spiro atoms. The minimum absolute atomic E-state index is 0.242. The number of benzene rings is 1. The molecule has 0 aliphatic heterocycles. The van der Waals surface area contributed by atoms with E-state index in [9.17, 15) is 8.42 Å². The Morgan fingerprint density at radius 1 is 1.29 bits per heavy atom.